The largest absolute Gasteiger partial charge is 0.355 e. The topological polar surface area (TPSA) is 101 Å². The van der Waals surface area contributed by atoms with Gasteiger partial charge in [0.25, 0.3) is 0 Å². The Morgan fingerprint density at radius 1 is 1.17 bits per heavy atom. The number of hydrogen-bond donors (Lipinski definition) is 0. The maximum atomic E-state index is 15.9. The van der Waals surface area contributed by atoms with E-state index in [0.29, 0.717) is 25.2 Å². The fourth-order valence-electron chi connectivity index (χ4n) is 5.23. The number of anilines is 1. The van der Waals surface area contributed by atoms with Crippen LogP contribution in [0.5, 0.6) is 0 Å². The molecule has 0 saturated carbocycles. The number of fused-ring (bicyclic) bond motifs is 1. The minimum atomic E-state index is -3.05. The Morgan fingerprint density at radius 2 is 1.90 bits per heavy atom. The van der Waals surface area contributed by atoms with E-state index in [4.69, 9.17) is 11.6 Å². The third kappa shape index (κ3) is 5.12. The molecular formula is C29H28ClF2N6O3P. The quantitative estimate of drug-likeness (QED) is 0.241. The molecule has 1 aliphatic heterocycles. The lowest BCUT2D eigenvalue weighted by Gasteiger charge is -2.40. The average molecular weight is 613 g/mol. The standard InChI is InChI=1S/C29H28ClF2N6O3P/c1-6-22(39)36-12-13-37(17(3)15-36)26-18-14-21(32)24(23-19(30)8-7-9-20(23)31)34-27(18)38(29(40)35-26)25-16(2)10-11-33-28(25)42(4,5)41/h6-11,14,17H,1,12-13,15H2,2-5H3/t17-/m0/s1. The molecule has 0 N–H and O–H groups in total. The first-order valence-electron chi connectivity index (χ1n) is 13.1. The van der Waals surface area contributed by atoms with Gasteiger partial charge in [-0.25, -0.2) is 23.1 Å². The highest BCUT2D eigenvalue weighted by Crippen LogP contribution is 2.39. The Morgan fingerprint density at radius 3 is 2.55 bits per heavy atom. The van der Waals surface area contributed by atoms with Crippen molar-refractivity contribution in [2.75, 3.05) is 37.9 Å². The zero-order valence-electron chi connectivity index (χ0n) is 23.4. The van der Waals surface area contributed by atoms with Crippen molar-refractivity contribution in [3.8, 4) is 16.9 Å². The predicted octanol–water partition coefficient (Wildman–Crippen LogP) is 4.55. The highest BCUT2D eigenvalue weighted by Gasteiger charge is 2.31. The molecule has 4 heterocycles. The molecule has 1 fully saturated rings. The molecule has 1 saturated heterocycles. The van der Waals surface area contributed by atoms with E-state index in [-0.39, 0.29) is 50.5 Å². The van der Waals surface area contributed by atoms with Crippen LogP contribution in [0, 0.1) is 18.6 Å². The lowest BCUT2D eigenvalue weighted by Crippen LogP contribution is -2.54. The summed E-state index contributed by atoms with van der Waals surface area (Å²) in [5, 5.41) is 0.0975. The Kier molecular flexibility index (Phi) is 7.76. The Balaban J connectivity index is 1.86. The molecule has 1 amide bonds. The van der Waals surface area contributed by atoms with Crippen molar-refractivity contribution >= 4 is 46.9 Å². The number of piperazine rings is 1. The highest BCUT2D eigenvalue weighted by molar-refractivity contribution is 7.70. The van der Waals surface area contributed by atoms with Crippen molar-refractivity contribution in [3.05, 3.63) is 81.9 Å². The Hall–Kier alpha value is -3.95. The molecule has 0 unspecified atom stereocenters. The molecule has 1 aromatic carbocycles. The van der Waals surface area contributed by atoms with Crippen LogP contribution in [0.15, 0.2) is 54.0 Å². The summed E-state index contributed by atoms with van der Waals surface area (Å²) in [7, 11) is -3.05. The fourth-order valence-corrected chi connectivity index (χ4v) is 6.62. The van der Waals surface area contributed by atoms with E-state index in [9.17, 15) is 18.5 Å². The number of nitrogens with zero attached hydrogens (tertiary/aromatic N) is 6. The van der Waals surface area contributed by atoms with E-state index in [1.54, 1.807) is 22.8 Å². The molecule has 5 rings (SSSR count). The second-order valence-electron chi connectivity index (χ2n) is 10.5. The van der Waals surface area contributed by atoms with Gasteiger partial charge in [-0.05, 0) is 63.1 Å². The molecule has 13 heteroatoms. The number of benzene rings is 1. The summed E-state index contributed by atoms with van der Waals surface area (Å²) in [6, 6.07) is 6.43. The Bertz CT molecular complexity index is 1850. The second-order valence-corrected chi connectivity index (χ2v) is 14.1. The lowest BCUT2D eigenvalue weighted by molar-refractivity contribution is -0.126. The van der Waals surface area contributed by atoms with Gasteiger partial charge in [0.05, 0.1) is 21.7 Å². The van der Waals surface area contributed by atoms with Crippen LogP contribution in [0.1, 0.15) is 12.5 Å². The van der Waals surface area contributed by atoms with Gasteiger partial charge in [0.15, 0.2) is 11.5 Å². The molecule has 1 aliphatic rings. The van der Waals surface area contributed by atoms with Gasteiger partial charge in [0.1, 0.15) is 29.9 Å². The first-order chi connectivity index (χ1) is 19.8. The van der Waals surface area contributed by atoms with Gasteiger partial charge in [0.2, 0.25) is 5.91 Å². The normalized spacial score (nSPS) is 15.7. The zero-order chi connectivity index (χ0) is 30.5. The van der Waals surface area contributed by atoms with Crippen molar-refractivity contribution in [2.45, 2.75) is 19.9 Å². The third-order valence-electron chi connectivity index (χ3n) is 7.23. The van der Waals surface area contributed by atoms with Gasteiger partial charge < -0.3 is 14.4 Å². The zero-order valence-corrected chi connectivity index (χ0v) is 25.1. The second kappa shape index (κ2) is 11.0. The molecule has 0 bridgehead atoms. The molecular weight excluding hydrogens is 585 g/mol. The van der Waals surface area contributed by atoms with E-state index in [1.165, 1.54) is 37.7 Å². The number of pyridine rings is 2. The van der Waals surface area contributed by atoms with Crippen LogP contribution in [-0.4, -0.2) is 69.3 Å². The first kappa shape index (κ1) is 29.5. The Labute approximate surface area is 245 Å². The van der Waals surface area contributed by atoms with Gasteiger partial charge in [-0.2, -0.15) is 4.98 Å². The van der Waals surface area contributed by atoms with Crippen LogP contribution in [0.2, 0.25) is 5.02 Å². The van der Waals surface area contributed by atoms with Crippen LogP contribution in [0.4, 0.5) is 14.6 Å². The number of aryl methyl sites for hydroxylation is 1. The van der Waals surface area contributed by atoms with E-state index in [0.717, 1.165) is 16.7 Å². The molecule has 0 radical (unpaired) electrons. The number of hydrogen-bond acceptors (Lipinski definition) is 7. The molecule has 3 aromatic heterocycles. The first-order valence-corrected chi connectivity index (χ1v) is 16.1. The van der Waals surface area contributed by atoms with Crippen LogP contribution in [0.3, 0.4) is 0 Å². The summed E-state index contributed by atoms with van der Waals surface area (Å²) in [5.74, 6) is -1.74. The predicted molar refractivity (Wildman–Crippen MR) is 161 cm³/mol. The van der Waals surface area contributed by atoms with Crippen molar-refractivity contribution in [1.29, 1.82) is 0 Å². The van der Waals surface area contributed by atoms with E-state index >= 15 is 4.39 Å². The third-order valence-corrected chi connectivity index (χ3v) is 8.89. The number of carbonyl (C=O) groups excluding carboxylic acids is 1. The molecule has 1 atom stereocenters. The van der Waals surface area contributed by atoms with Gasteiger partial charge in [-0.1, -0.05) is 24.2 Å². The molecule has 42 heavy (non-hydrogen) atoms. The van der Waals surface area contributed by atoms with Crippen LogP contribution in [0.25, 0.3) is 28.0 Å². The monoisotopic (exact) mass is 612 g/mol. The smallest absolute Gasteiger partial charge is 0.350 e. The lowest BCUT2D eigenvalue weighted by atomic mass is 10.1. The van der Waals surface area contributed by atoms with Crippen LogP contribution in [-0.2, 0) is 9.36 Å². The fraction of sp³-hybridized carbons (Fsp3) is 0.276. The number of carbonyl (C=O) groups is 1. The van der Waals surface area contributed by atoms with Gasteiger partial charge in [0, 0.05) is 31.9 Å². The maximum Gasteiger partial charge on any atom is 0.355 e. The average Bonchev–Trinajstić information content (AvgIpc) is 2.92. The van der Waals surface area contributed by atoms with Crippen LogP contribution < -0.4 is 16.0 Å². The summed E-state index contributed by atoms with van der Waals surface area (Å²) in [6.07, 6.45) is 2.73. The maximum absolute atomic E-state index is 15.9. The minimum absolute atomic E-state index is 0.0386. The molecule has 218 valence electrons. The van der Waals surface area contributed by atoms with E-state index < -0.39 is 30.2 Å². The number of aromatic nitrogens is 4. The minimum Gasteiger partial charge on any atom is -0.350 e. The SMILES string of the molecule is C=CC(=O)N1CCN(c2nc(=O)n(-c3c(C)ccnc3P(C)(C)=O)c3nc(-c4c(F)cccc4Cl)c(F)cc23)[C@@H](C)C1. The molecule has 9 nitrogen and oxygen atoms in total. The number of rotatable bonds is 5. The van der Waals surface area contributed by atoms with Gasteiger partial charge in [-0.3, -0.25) is 9.78 Å². The number of amides is 1. The van der Waals surface area contributed by atoms with Crippen molar-refractivity contribution in [3.63, 3.8) is 0 Å². The summed E-state index contributed by atoms with van der Waals surface area (Å²) < 4.78 is 45.3. The number of halogens is 3. The van der Waals surface area contributed by atoms with E-state index in [1.807, 2.05) is 6.92 Å². The van der Waals surface area contributed by atoms with Gasteiger partial charge in [-0.15, -0.1) is 0 Å². The summed E-state index contributed by atoms with van der Waals surface area (Å²) >= 11 is 6.29. The highest BCUT2D eigenvalue weighted by atomic mass is 35.5. The van der Waals surface area contributed by atoms with Crippen LogP contribution >= 0.6 is 18.7 Å². The summed E-state index contributed by atoms with van der Waals surface area (Å²) in [5.41, 5.74) is -0.539. The van der Waals surface area contributed by atoms with Gasteiger partial charge >= 0.3 is 5.69 Å². The molecule has 0 aliphatic carbocycles. The van der Waals surface area contributed by atoms with E-state index in [2.05, 4.69) is 21.5 Å². The summed E-state index contributed by atoms with van der Waals surface area (Å²) in [4.78, 5) is 42.8. The summed E-state index contributed by atoms with van der Waals surface area (Å²) in [6.45, 7) is 11.1. The van der Waals surface area contributed by atoms with Crippen molar-refractivity contribution < 1.29 is 18.1 Å². The molecule has 4 aromatic rings. The molecule has 0 spiro atoms. The van der Waals surface area contributed by atoms with Crippen molar-refractivity contribution in [2.24, 2.45) is 0 Å². The van der Waals surface area contributed by atoms with Crippen molar-refractivity contribution in [1.82, 2.24) is 24.4 Å².